The molecule has 1 aromatic rings. The van der Waals surface area contributed by atoms with Crippen LogP contribution in [0, 0.1) is 0 Å². The maximum Gasteiger partial charge on any atom is 0.344 e. The highest BCUT2D eigenvalue weighted by Gasteiger charge is 2.20. The Bertz CT molecular complexity index is 412. The summed E-state index contributed by atoms with van der Waals surface area (Å²) in [6.45, 7) is 2.81. The lowest BCUT2D eigenvalue weighted by Crippen LogP contribution is -2.26. The van der Waals surface area contributed by atoms with E-state index < -0.39 is 12.1 Å². The molecular weight excluding hydrogens is 242 g/mol. The third kappa shape index (κ3) is 4.56. The standard InChI is InChI=1S/C15H21NO3/c1-2-3-14(15(17)18)19-13-8-4-11(5-9-13)10-16-12-6-7-12/h4-5,8-9,12,14,16H,2-3,6-7,10H2,1H3,(H,17,18). The van der Waals surface area contributed by atoms with Crippen LogP contribution in [0.3, 0.4) is 0 Å². The molecule has 4 nitrogen and oxygen atoms in total. The molecule has 0 radical (unpaired) electrons. The van der Waals surface area contributed by atoms with Crippen molar-refractivity contribution >= 4 is 5.97 Å². The molecule has 1 unspecified atom stereocenters. The first-order chi connectivity index (χ1) is 9.19. The van der Waals surface area contributed by atoms with Gasteiger partial charge in [0.15, 0.2) is 6.10 Å². The molecule has 0 heterocycles. The number of aliphatic carboxylic acids is 1. The van der Waals surface area contributed by atoms with Crippen LogP contribution in [-0.2, 0) is 11.3 Å². The van der Waals surface area contributed by atoms with E-state index in [-0.39, 0.29) is 0 Å². The Morgan fingerprint density at radius 2 is 2.11 bits per heavy atom. The lowest BCUT2D eigenvalue weighted by Gasteiger charge is -2.14. The second-order valence-corrected chi connectivity index (χ2v) is 5.03. The molecule has 0 saturated heterocycles. The van der Waals surface area contributed by atoms with E-state index in [0.29, 0.717) is 18.2 Å². The van der Waals surface area contributed by atoms with E-state index in [1.807, 2.05) is 31.2 Å². The minimum Gasteiger partial charge on any atom is -0.479 e. The van der Waals surface area contributed by atoms with Gasteiger partial charge in [0.2, 0.25) is 0 Å². The van der Waals surface area contributed by atoms with Crippen molar-refractivity contribution in [1.29, 1.82) is 0 Å². The van der Waals surface area contributed by atoms with E-state index in [0.717, 1.165) is 13.0 Å². The molecule has 0 spiro atoms. The minimum atomic E-state index is -0.902. The number of benzene rings is 1. The molecule has 2 N–H and O–H groups in total. The lowest BCUT2D eigenvalue weighted by molar-refractivity contribution is -0.145. The third-order valence-electron chi connectivity index (χ3n) is 3.20. The molecule has 0 aromatic heterocycles. The van der Waals surface area contributed by atoms with Crippen LogP contribution in [-0.4, -0.2) is 23.2 Å². The number of carboxylic acids is 1. The number of hydrogen-bond acceptors (Lipinski definition) is 3. The molecule has 1 atom stereocenters. The molecule has 19 heavy (non-hydrogen) atoms. The van der Waals surface area contributed by atoms with E-state index in [1.165, 1.54) is 18.4 Å². The van der Waals surface area contributed by atoms with Crippen LogP contribution in [0.5, 0.6) is 5.75 Å². The van der Waals surface area contributed by atoms with Crippen molar-refractivity contribution in [3.8, 4) is 5.75 Å². The molecule has 0 bridgehead atoms. The zero-order chi connectivity index (χ0) is 13.7. The van der Waals surface area contributed by atoms with Crippen molar-refractivity contribution in [3.63, 3.8) is 0 Å². The number of rotatable bonds is 8. The Morgan fingerprint density at radius 1 is 1.42 bits per heavy atom. The Hall–Kier alpha value is -1.55. The van der Waals surface area contributed by atoms with Crippen LogP contribution in [0.1, 0.15) is 38.2 Å². The van der Waals surface area contributed by atoms with Gasteiger partial charge in [0.1, 0.15) is 5.75 Å². The number of nitrogens with one attached hydrogen (secondary N) is 1. The summed E-state index contributed by atoms with van der Waals surface area (Å²) >= 11 is 0. The highest BCUT2D eigenvalue weighted by atomic mass is 16.5. The molecule has 2 rings (SSSR count). The Balaban J connectivity index is 1.87. The van der Waals surface area contributed by atoms with Crippen LogP contribution >= 0.6 is 0 Å². The number of carbonyl (C=O) groups is 1. The first kappa shape index (κ1) is 13.9. The van der Waals surface area contributed by atoms with Crippen LogP contribution in [0.4, 0.5) is 0 Å². The molecule has 1 fully saturated rings. The molecule has 104 valence electrons. The van der Waals surface area contributed by atoms with Crippen molar-refractivity contribution < 1.29 is 14.6 Å². The molecular formula is C15H21NO3. The van der Waals surface area contributed by atoms with E-state index >= 15 is 0 Å². The normalized spacial score (nSPS) is 16.1. The topological polar surface area (TPSA) is 58.6 Å². The second kappa shape index (κ2) is 6.57. The van der Waals surface area contributed by atoms with Gasteiger partial charge in [0.25, 0.3) is 0 Å². The zero-order valence-electron chi connectivity index (χ0n) is 11.3. The van der Waals surface area contributed by atoms with Gasteiger partial charge in [-0.2, -0.15) is 0 Å². The smallest absolute Gasteiger partial charge is 0.344 e. The number of hydrogen-bond donors (Lipinski definition) is 2. The average Bonchev–Trinajstić information content (AvgIpc) is 3.21. The van der Waals surface area contributed by atoms with Gasteiger partial charge < -0.3 is 15.2 Å². The summed E-state index contributed by atoms with van der Waals surface area (Å²) < 4.78 is 5.49. The lowest BCUT2D eigenvalue weighted by atomic mass is 10.2. The van der Waals surface area contributed by atoms with Crippen molar-refractivity contribution in [3.05, 3.63) is 29.8 Å². The van der Waals surface area contributed by atoms with Crippen LogP contribution in [0.15, 0.2) is 24.3 Å². The predicted octanol–water partition coefficient (Wildman–Crippen LogP) is 2.57. The van der Waals surface area contributed by atoms with Crippen LogP contribution in [0.25, 0.3) is 0 Å². The monoisotopic (exact) mass is 263 g/mol. The first-order valence-corrected chi connectivity index (χ1v) is 6.91. The molecule has 1 saturated carbocycles. The molecule has 1 aliphatic rings. The van der Waals surface area contributed by atoms with Crippen molar-refractivity contribution in [1.82, 2.24) is 5.32 Å². The van der Waals surface area contributed by atoms with Gasteiger partial charge in [0, 0.05) is 12.6 Å². The average molecular weight is 263 g/mol. The summed E-state index contributed by atoms with van der Waals surface area (Å²) in [5, 5.41) is 12.5. The minimum absolute atomic E-state index is 0.528. The summed E-state index contributed by atoms with van der Waals surface area (Å²) in [5.74, 6) is -0.280. The van der Waals surface area contributed by atoms with Crippen LogP contribution < -0.4 is 10.1 Å². The van der Waals surface area contributed by atoms with Crippen molar-refractivity contribution in [2.75, 3.05) is 0 Å². The highest BCUT2D eigenvalue weighted by Crippen LogP contribution is 2.20. The number of ether oxygens (including phenoxy) is 1. The van der Waals surface area contributed by atoms with Crippen molar-refractivity contribution in [2.24, 2.45) is 0 Å². The quantitative estimate of drug-likeness (QED) is 0.757. The fraction of sp³-hybridized carbons (Fsp3) is 0.533. The Kier molecular flexibility index (Phi) is 4.80. The van der Waals surface area contributed by atoms with E-state index in [1.54, 1.807) is 0 Å². The summed E-state index contributed by atoms with van der Waals surface area (Å²) in [4.78, 5) is 11.0. The highest BCUT2D eigenvalue weighted by molar-refractivity contribution is 5.72. The predicted molar refractivity (Wildman–Crippen MR) is 73.3 cm³/mol. The van der Waals surface area contributed by atoms with Gasteiger partial charge in [-0.25, -0.2) is 4.79 Å². The SMILES string of the molecule is CCCC(Oc1ccc(CNC2CC2)cc1)C(=O)O. The molecule has 0 amide bonds. The number of carboxylic acid groups (broad SMARTS) is 1. The van der Waals surface area contributed by atoms with Gasteiger partial charge in [-0.05, 0) is 37.0 Å². The molecule has 1 aliphatic carbocycles. The Morgan fingerprint density at radius 3 is 2.63 bits per heavy atom. The van der Waals surface area contributed by atoms with E-state index in [4.69, 9.17) is 9.84 Å². The summed E-state index contributed by atoms with van der Waals surface area (Å²) in [5.41, 5.74) is 1.20. The first-order valence-electron chi connectivity index (χ1n) is 6.91. The molecule has 1 aromatic carbocycles. The van der Waals surface area contributed by atoms with Gasteiger partial charge in [-0.1, -0.05) is 25.5 Å². The summed E-state index contributed by atoms with van der Waals surface area (Å²) in [7, 11) is 0. The maximum absolute atomic E-state index is 11.0. The zero-order valence-corrected chi connectivity index (χ0v) is 11.3. The van der Waals surface area contributed by atoms with Gasteiger partial charge in [0.05, 0.1) is 0 Å². The maximum atomic E-state index is 11.0. The summed E-state index contributed by atoms with van der Waals surface area (Å²) in [6.07, 6.45) is 3.12. The largest absolute Gasteiger partial charge is 0.479 e. The van der Waals surface area contributed by atoms with Gasteiger partial charge >= 0.3 is 5.97 Å². The molecule has 4 heteroatoms. The van der Waals surface area contributed by atoms with E-state index in [9.17, 15) is 4.79 Å². The van der Waals surface area contributed by atoms with E-state index in [2.05, 4.69) is 5.32 Å². The van der Waals surface area contributed by atoms with Crippen LogP contribution in [0.2, 0.25) is 0 Å². The second-order valence-electron chi connectivity index (χ2n) is 5.03. The van der Waals surface area contributed by atoms with Gasteiger partial charge in [-0.3, -0.25) is 0 Å². The summed E-state index contributed by atoms with van der Waals surface area (Å²) in [6, 6.07) is 8.34. The fourth-order valence-electron chi connectivity index (χ4n) is 1.89. The Labute approximate surface area is 113 Å². The van der Waals surface area contributed by atoms with Crippen molar-refractivity contribution in [2.45, 2.75) is 51.3 Å². The fourth-order valence-corrected chi connectivity index (χ4v) is 1.89. The third-order valence-corrected chi connectivity index (χ3v) is 3.20. The molecule has 0 aliphatic heterocycles. The van der Waals surface area contributed by atoms with Gasteiger partial charge in [-0.15, -0.1) is 0 Å².